The number of terminal acetylenes is 1. The molecule has 1 aromatic carbocycles. The highest BCUT2D eigenvalue weighted by Crippen LogP contribution is 2.22. The van der Waals surface area contributed by atoms with Crippen LogP contribution < -0.4 is 11.3 Å². The number of hydrogen-bond donors (Lipinski definition) is 2. The van der Waals surface area contributed by atoms with E-state index in [1.165, 1.54) is 0 Å². The fraction of sp³-hybridized carbons (Fsp3) is 0.333. The van der Waals surface area contributed by atoms with E-state index in [0.717, 1.165) is 18.2 Å². The second-order valence-electron chi connectivity index (χ2n) is 3.48. The minimum absolute atomic E-state index is 0.236. The van der Waals surface area contributed by atoms with Crippen molar-refractivity contribution >= 4 is 0 Å². The Bertz CT molecular complexity index is 385. The van der Waals surface area contributed by atoms with Gasteiger partial charge in [-0.05, 0) is 31.0 Å². The maximum absolute atomic E-state index is 13.4. The zero-order valence-electron chi connectivity index (χ0n) is 8.84. The van der Waals surface area contributed by atoms with Crippen molar-refractivity contribution in [2.24, 2.45) is 5.84 Å². The molecule has 0 fully saturated rings. The largest absolute Gasteiger partial charge is 0.271 e. The van der Waals surface area contributed by atoms with Crippen molar-refractivity contribution in [2.75, 3.05) is 0 Å². The van der Waals surface area contributed by atoms with Gasteiger partial charge in [-0.3, -0.25) is 11.3 Å². The quantitative estimate of drug-likeness (QED) is 0.348. The maximum Gasteiger partial charge on any atom is 0.128 e. The summed E-state index contributed by atoms with van der Waals surface area (Å²) in [6, 6.07) is 2.91. The summed E-state index contributed by atoms with van der Waals surface area (Å²) >= 11 is 0. The van der Waals surface area contributed by atoms with Crippen LogP contribution in [0.5, 0.6) is 0 Å². The highest BCUT2D eigenvalue weighted by Gasteiger charge is 2.14. The number of benzene rings is 1. The van der Waals surface area contributed by atoms with Gasteiger partial charge in [0, 0.05) is 18.0 Å². The lowest BCUT2D eigenvalue weighted by Crippen LogP contribution is -2.28. The van der Waals surface area contributed by atoms with Crippen LogP contribution in [0.15, 0.2) is 18.2 Å². The van der Waals surface area contributed by atoms with E-state index < -0.39 is 17.7 Å². The van der Waals surface area contributed by atoms with Crippen LogP contribution in [0.25, 0.3) is 0 Å². The summed E-state index contributed by atoms with van der Waals surface area (Å²) in [7, 11) is 0. The van der Waals surface area contributed by atoms with Crippen LogP contribution in [-0.4, -0.2) is 0 Å². The molecule has 1 aromatic rings. The van der Waals surface area contributed by atoms with Crippen LogP contribution in [-0.2, 0) is 0 Å². The van der Waals surface area contributed by atoms with E-state index >= 15 is 0 Å². The molecule has 86 valence electrons. The van der Waals surface area contributed by atoms with Crippen molar-refractivity contribution in [3.63, 3.8) is 0 Å². The van der Waals surface area contributed by atoms with E-state index in [2.05, 4.69) is 11.3 Å². The first-order valence-electron chi connectivity index (χ1n) is 5.03. The van der Waals surface area contributed by atoms with E-state index in [-0.39, 0.29) is 5.56 Å². The third-order valence-electron chi connectivity index (χ3n) is 2.35. The maximum atomic E-state index is 13.4. The Labute approximate surface area is 93.8 Å². The van der Waals surface area contributed by atoms with Gasteiger partial charge in [0.15, 0.2) is 0 Å². The highest BCUT2D eigenvalue weighted by molar-refractivity contribution is 5.22. The lowest BCUT2D eigenvalue weighted by Gasteiger charge is -2.16. The van der Waals surface area contributed by atoms with Crippen LogP contribution in [0.2, 0.25) is 0 Å². The monoisotopic (exact) mass is 224 g/mol. The Balaban J connectivity index is 2.78. The van der Waals surface area contributed by atoms with Gasteiger partial charge in [-0.2, -0.15) is 0 Å². The molecule has 4 heteroatoms. The Morgan fingerprint density at radius 3 is 2.81 bits per heavy atom. The van der Waals surface area contributed by atoms with Gasteiger partial charge in [0.2, 0.25) is 0 Å². The van der Waals surface area contributed by atoms with E-state index in [0.29, 0.717) is 19.3 Å². The first-order chi connectivity index (χ1) is 7.69. The van der Waals surface area contributed by atoms with Crippen molar-refractivity contribution in [3.05, 3.63) is 35.4 Å². The fourth-order valence-corrected chi connectivity index (χ4v) is 1.52. The molecule has 1 unspecified atom stereocenters. The second kappa shape index (κ2) is 6.21. The van der Waals surface area contributed by atoms with Gasteiger partial charge < -0.3 is 0 Å². The lowest BCUT2D eigenvalue weighted by atomic mass is 10.0. The predicted octanol–water partition coefficient (Wildman–Crippen LogP) is 2.27. The first kappa shape index (κ1) is 12.6. The van der Waals surface area contributed by atoms with E-state index in [1.807, 2.05) is 0 Å². The Hall–Kier alpha value is -1.44. The van der Waals surface area contributed by atoms with Crippen LogP contribution >= 0.6 is 0 Å². The van der Waals surface area contributed by atoms with E-state index in [9.17, 15) is 8.78 Å². The zero-order valence-corrected chi connectivity index (χ0v) is 8.84. The van der Waals surface area contributed by atoms with Crippen LogP contribution in [0.4, 0.5) is 8.78 Å². The molecule has 0 heterocycles. The normalized spacial score (nSPS) is 12.1. The van der Waals surface area contributed by atoms with Gasteiger partial charge in [0.25, 0.3) is 0 Å². The SMILES string of the molecule is C#CCCCC(NN)c1cc(F)ccc1F. The van der Waals surface area contributed by atoms with E-state index in [4.69, 9.17) is 12.3 Å². The molecule has 0 saturated heterocycles. The number of unbranched alkanes of at least 4 members (excludes halogenated alkanes) is 1. The average molecular weight is 224 g/mol. The topological polar surface area (TPSA) is 38.0 Å². The standard InChI is InChI=1S/C12H14F2N2/c1-2-3-4-5-12(16-15)10-8-9(13)6-7-11(10)14/h1,6-8,12,16H,3-5,15H2. The molecule has 0 radical (unpaired) electrons. The minimum Gasteiger partial charge on any atom is -0.271 e. The summed E-state index contributed by atoms with van der Waals surface area (Å²) in [5.41, 5.74) is 2.71. The molecule has 1 rings (SSSR count). The number of nitrogens with two attached hydrogens (primary N) is 1. The number of hydrazine groups is 1. The van der Waals surface area contributed by atoms with E-state index in [1.54, 1.807) is 0 Å². The van der Waals surface area contributed by atoms with Crippen molar-refractivity contribution in [2.45, 2.75) is 25.3 Å². The molecule has 3 N–H and O–H groups in total. The zero-order chi connectivity index (χ0) is 12.0. The van der Waals surface area contributed by atoms with Crippen LogP contribution in [0.1, 0.15) is 30.9 Å². The molecule has 0 amide bonds. The van der Waals surface area contributed by atoms with Gasteiger partial charge in [-0.15, -0.1) is 12.3 Å². The molecule has 0 saturated carbocycles. The van der Waals surface area contributed by atoms with Crippen molar-refractivity contribution in [1.29, 1.82) is 0 Å². The van der Waals surface area contributed by atoms with Crippen molar-refractivity contribution in [1.82, 2.24) is 5.43 Å². The third-order valence-corrected chi connectivity index (χ3v) is 2.35. The van der Waals surface area contributed by atoms with Gasteiger partial charge in [-0.1, -0.05) is 0 Å². The second-order valence-corrected chi connectivity index (χ2v) is 3.48. The summed E-state index contributed by atoms with van der Waals surface area (Å²) in [6.07, 6.45) is 6.99. The molecule has 2 nitrogen and oxygen atoms in total. The first-order valence-corrected chi connectivity index (χ1v) is 5.03. The molecular weight excluding hydrogens is 210 g/mol. The van der Waals surface area contributed by atoms with Crippen molar-refractivity contribution in [3.8, 4) is 12.3 Å². The number of hydrogen-bond acceptors (Lipinski definition) is 2. The van der Waals surface area contributed by atoms with Gasteiger partial charge in [0.05, 0.1) is 0 Å². The van der Waals surface area contributed by atoms with Crippen LogP contribution in [0, 0.1) is 24.0 Å². The molecule has 0 spiro atoms. The Morgan fingerprint density at radius 1 is 1.44 bits per heavy atom. The average Bonchev–Trinajstić information content (AvgIpc) is 2.28. The molecule has 0 aliphatic rings. The summed E-state index contributed by atoms with van der Waals surface area (Å²) in [5, 5.41) is 0. The molecule has 16 heavy (non-hydrogen) atoms. The Kier molecular flexibility index (Phi) is 4.90. The Morgan fingerprint density at radius 2 is 2.19 bits per heavy atom. The summed E-state index contributed by atoms with van der Waals surface area (Å²) in [4.78, 5) is 0. The van der Waals surface area contributed by atoms with Gasteiger partial charge in [0.1, 0.15) is 11.6 Å². The van der Waals surface area contributed by atoms with Crippen molar-refractivity contribution < 1.29 is 8.78 Å². The number of halogens is 2. The predicted molar refractivity (Wildman–Crippen MR) is 59.1 cm³/mol. The molecule has 0 aliphatic heterocycles. The number of rotatable bonds is 5. The summed E-state index contributed by atoms with van der Waals surface area (Å²) in [6.45, 7) is 0. The molecular formula is C12H14F2N2. The smallest absolute Gasteiger partial charge is 0.128 e. The van der Waals surface area contributed by atoms with Crippen LogP contribution in [0.3, 0.4) is 0 Å². The molecule has 1 atom stereocenters. The molecule has 0 aliphatic carbocycles. The summed E-state index contributed by atoms with van der Waals surface area (Å²) < 4.78 is 26.4. The fourth-order valence-electron chi connectivity index (χ4n) is 1.52. The molecule has 0 aromatic heterocycles. The highest BCUT2D eigenvalue weighted by atomic mass is 19.1. The lowest BCUT2D eigenvalue weighted by molar-refractivity contribution is 0.470. The third kappa shape index (κ3) is 3.30. The summed E-state index contributed by atoms with van der Waals surface area (Å²) in [5.74, 6) is 6.86. The minimum atomic E-state index is -0.478. The van der Waals surface area contributed by atoms with Gasteiger partial charge in [-0.25, -0.2) is 8.78 Å². The molecule has 0 bridgehead atoms. The van der Waals surface area contributed by atoms with Gasteiger partial charge >= 0.3 is 0 Å². The number of nitrogens with one attached hydrogen (secondary N) is 1.